The first-order chi connectivity index (χ1) is 15.0. The molecule has 0 spiro atoms. The van der Waals surface area contributed by atoms with Gasteiger partial charge < -0.3 is 5.11 Å². The summed E-state index contributed by atoms with van der Waals surface area (Å²) in [5.41, 5.74) is 3.94. The molecule has 31 heavy (non-hydrogen) atoms. The standard InChI is InChI=1S/C23H20ClFN4O2/c24-18-7-10-20-17(11-18)12-28(23(30)31)13-21-26-27-22(29(20)21)16-3-1-14(2-4-16)15-5-8-19(25)9-6-15/h1,5-11,16H,2-4,12-13H2,(H,30,31). The Bertz CT molecular complexity index is 1190. The Morgan fingerprint density at radius 1 is 1.13 bits per heavy atom. The predicted molar refractivity (Wildman–Crippen MR) is 115 cm³/mol. The number of carbonyl (C=O) groups is 1. The summed E-state index contributed by atoms with van der Waals surface area (Å²) in [5, 5.41) is 19.0. The van der Waals surface area contributed by atoms with E-state index in [-0.39, 0.29) is 24.8 Å². The van der Waals surface area contributed by atoms with Gasteiger partial charge in [0.05, 0.1) is 18.8 Å². The van der Waals surface area contributed by atoms with E-state index in [0.29, 0.717) is 10.8 Å². The largest absolute Gasteiger partial charge is 0.465 e. The zero-order valence-electron chi connectivity index (χ0n) is 16.6. The van der Waals surface area contributed by atoms with E-state index in [1.54, 1.807) is 12.1 Å². The summed E-state index contributed by atoms with van der Waals surface area (Å²) in [4.78, 5) is 13.0. The third-order valence-corrected chi connectivity index (χ3v) is 6.23. The van der Waals surface area contributed by atoms with E-state index in [1.807, 2.05) is 22.8 Å². The monoisotopic (exact) mass is 438 g/mol. The molecule has 0 saturated heterocycles. The van der Waals surface area contributed by atoms with Gasteiger partial charge in [-0.15, -0.1) is 10.2 Å². The third-order valence-electron chi connectivity index (χ3n) is 5.99. The average Bonchev–Trinajstić information content (AvgIpc) is 3.10. The van der Waals surface area contributed by atoms with Crippen LogP contribution in [0.1, 0.15) is 48.0 Å². The van der Waals surface area contributed by atoms with Gasteiger partial charge >= 0.3 is 6.09 Å². The lowest BCUT2D eigenvalue weighted by molar-refractivity contribution is 0.139. The van der Waals surface area contributed by atoms with Crippen LogP contribution in [0.4, 0.5) is 9.18 Å². The van der Waals surface area contributed by atoms with Crippen LogP contribution >= 0.6 is 11.6 Å². The molecule has 1 unspecified atom stereocenters. The molecule has 1 N–H and O–H groups in total. The number of halogens is 2. The van der Waals surface area contributed by atoms with Crippen molar-refractivity contribution in [2.75, 3.05) is 0 Å². The minimum absolute atomic E-state index is 0.158. The SMILES string of the molecule is O=C(O)N1Cc2cc(Cl)ccc2-n2c(nnc2C2CC=C(c3ccc(F)cc3)CC2)C1. The van der Waals surface area contributed by atoms with Gasteiger partial charge in [0.15, 0.2) is 5.82 Å². The Balaban J connectivity index is 1.50. The number of carboxylic acid groups (broad SMARTS) is 1. The van der Waals surface area contributed by atoms with Crippen LogP contribution in [0.15, 0.2) is 48.5 Å². The number of nitrogens with zero attached hydrogens (tertiary/aromatic N) is 4. The summed E-state index contributed by atoms with van der Waals surface area (Å²) in [6.45, 7) is 0.408. The molecule has 0 saturated carbocycles. The van der Waals surface area contributed by atoms with Crippen molar-refractivity contribution in [3.8, 4) is 5.69 Å². The van der Waals surface area contributed by atoms with Gasteiger partial charge in [0, 0.05) is 10.9 Å². The molecule has 0 radical (unpaired) electrons. The number of fused-ring (bicyclic) bond motifs is 3. The molecule has 1 aliphatic heterocycles. The number of allylic oxidation sites excluding steroid dienone is 2. The van der Waals surface area contributed by atoms with Gasteiger partial charge in [-0.05, 0) is 66.3 Å². The molecule has 1 aromatic heterocycles. The van der Waals surface area contributed by atoms with Crippen molar-refractivity contribution in [3.05, 3.63) is 82.2 Å². The Morgan fingerprint density at radius 2 is 1.94 bits per heavy atom. The molecule has 0 fully saturated rings. The maximum Gasteiger partial charge on any atom is 0.408 e. The molecule has 2 heterocycles. The molecule has 2 aliphatic rings. The second-order valence-corrected chi connectivity index (χ2v) is 8.37. The van der Waals surface area contributed by atoms with Crippen molar-refractivity contribution in [2.24, 2.45) is 0 Å². The quantitative estimate of drug-likeness (QED) is 0.581. The van der Waals surface area contributed by atoms with Gasteiger partial charge in [0.25, 0.3) is 0 Å². The second kappa shape index (κ2) is 7.81. The van der Waals surface area contributed by atoms with Crippen LogP contribution in [0.25, 0.3) is 11.3 Å². The summed E-state index contributed by atoms with van der Waals surface area (Å²) in [7, 11) is 0. The van der Waals surface area contributed by atoms with Gasteiger partial charge in [-0.3, -0.25) is 9.47 Å². The van der Waals surface area contributed by atoms with E-state index < -0.39 is 6.09 Å². The molecule has 158 valence electrons. The highest BCUT2D eigenvalue weighted by molar-refractivity contribution is 6.30. The fraction of sp³-hybridized carbons (Fsp3) is 0.261. The molecule has 8 heteroatoms. The fourth-order valence-corrected chi connectivity index (χ4v) is 4.62. The van der Waals surface area contributed by atoms with Crippen LogP contribution in [-0.4, -0.2) is 30.9 Å². The lowest BCUT2D eigenvalue weighted by Crippen LogP contribution is -2.27. The molecular formula is C23H20ClFN4O2. The van der Waals surface area contributed by atoms with Crippen LogP contribution in [-0.2, 0) is 13.1 Å². The topological polar surface area (TPSA) is 71.2 Å². The van der Waals surface area contributed by atoms with E-state index >= 15 is 0 Å². The Hall–Kier alpha value is -3.19. The van der Waals surface area contributed by atoms with Crippen molar-refractivity contribution >= 4 is 23.3 Å². The molecule has 5 rings (SSSR count). The molecule has 2 aromatic carbocycles. The fourth-order valence-electron chi connectivity index (χ4n) is 4.42. The second-order valence-electron chi connectivity index (χ2n) is 7.93. The Labute approximate surface area is 183 Å². The number of rotatable bonds is 2. The van der Waals surface area contributed by atoms with E-state index in [2.05, 4.69) is 16.3 Å². The van der Waals surface area contributed by atoms with Crippen LogP contribution in [0, 0.1) is 5.82 Å². The van der Waals surface area contributed by atoms with E-state index in [1.165, 1.54) is 22.6 Å². The van der Waals surface area contributed by atoms with Gasteiger partial charge in [0.1, 0.15) is 11.6 Å². The number of amides is 1. The molecule has 0 bridgehead atoms. The predicted octanol–water partition coefficient (Wildman–Crippen LogP) is 5.40. The molecule has 1 atom stereocenters. The lowest BCUT2D eigenvalue weighted by Gasteiger charge is -2.23. The van der Waals surface area contributed by atoms with E-state index in [9.17, 15) is 14.3 Å². The summed E-state index contributed by atoms with van der Waals surface area (Å²) >= 11 is 6.19. The lowest BCUT2D eigenvalue weighted by atomic mass is 9.86. The number of benzene rings is 2. The molecular weight excluding hydrogens is 419 g/mol. The third kappa shape index (κ3) is 3.70. The van der Waals surface area contributed by atoms with Gasteiger partial charge in [0.2, 0.25) is 0 Å². The van der Waals surface area contributed by atoms with Crippen LogP contribution < -0.4 is 0 Å². The molecule has 3 aromatic rings. The van der Waals surface area contributed by atoms with Crippen molar-refractivity contribution in [1.82, 2.24) is 19.7 Å². The highest BCUT2D eigenvalue weighted by atomic mass is 35.5. The maximum absolute atomic E-state index is 13.2. The van der Waals surface area contributed by atoms with Gasteiger partial charge in [-0.1, -0.05) is 29.8 Å². The number of aromatic nitrogens is 3. The highest BCUT2D eigenvalue weighted by Crippen LogP contribution is 2.38. The molecule has 1 amide bonds. The number of hydrogen-bond donors (Lipinski definition) is 1. The van der Waals surface area contributed by atoms with Crippen molar-refractivity contribution in [2.45, 2.75) is 38.3 Å². The Morgan fingerprint density at radius 3 is 2.65 bits per heavy atom. The Kier molecular flexibility index (Phi) is 4.98. The average molecular weight is 439 g/mol. The van der Waals surface area contributed by atoms with Crippen LogP contribution in [0.2, 0.25) is 5.02 Å². The van der Waals surface area contributed by atoms with Crippen LogP contribution in [0.5, 0.6) is 0 Å². The van der Waals surface area contributed by atoms with Gasteiger partial charge in [-0.2, -0.15) is 0 Å². The zero-order valence-corrected chi connectivity index (χ0v) is 17.4. The van der Waals surface area contributed by atoms with Crippen molar-refractivity contribution in [1.29, 1.82) is 0 Å². The first-order valence-electron chi connectivity index (χ1n) is 10.2. The van der Waals surface area contributed by atoms with E-state index in [4.69, 9.17) is 11.6 Å². The normalized spacial score (nSPS) is 18.1. The number of hydrogen-bond acceptors (Lipinski definition) is 3. The molecule has 1 aliphatic carbocycles. The van der Waals surface area contributed by atoms with E-state index in [0.717, 1.165) is 41.9 Å². The molecule has 6 nitrogen and oxygen atoms in total. The van der Waals surface area contributed by atoms with Gasteiger partial charge in [-0.25, -0.2) is 9.18 Å². The zero-order chi connectivity index (χ0) is 21.5. The summed E-state index contributed by atoms with van der Waals surface area (Å²) < 4.78 is 15.2. The van der Waals surface area contributed by atoms with Crippen LogP contribution in [0.3, 0.4) is 0 Å². The highest BCUT2D eigenvalue weighted by Gasteiger charge is 2.30. The summed E-state index contributed by atoms with van der Waals surface area (Å²) in [5.74, 6) is 1.36. The summed E-state index contributed by atoms with van der Waals surface area (Å²) in [6, 6.07) is 12.1. The maximum atomic E-state index is 13.2. The minimum atomic E-state index is -1.01. The first-order valence-corrected chi connectivity index (χ1v) is 10.5. The van der Waals surface area contributed by atoms with Crippen molar-refractivity contribution in [3.63, 3.8) is 0 Å². The minimum Gasteiger partial charge on any atom is -0.465 e. The smallest absolute Gasteiger partial charge is 0.408 e. The first kappa shape index (κ1) is 19.8. The van der Waals surface area contributed by atoms with Crippen molar-refractivity contribution < 1.29 is 14.3 Å². The summed E-state index contributed by atoms with van der Waals surface area (Å²) in [6.07, 6.45) is 3.70.